The smallest absolute Gasteiger partial charge is 0.258 e. The monoisotopic (exact) mass is 466 g/mol. The lowest BCUT2D eigenvalue weighted by Crippen LogP contribution is -2.35. The summed E-state index contributed by atoms with van der Waals surface area (Å²) in [5.74, 6) is 0.00514. The predicted octanol–water partition coefficient (Wildman–Crippen LogP) is 3.28. The molecule has 0 aliphatic carbocycles. The van der Waals surface area contributed by atoms with Gasteiger partial charge in [-0.3, -0.25) is 9.59 Å². The van der Waals surface area contributed by atoms with Crippen molar-refractivity contribution >= 4 is 17.5 Å². The van der Waals surface area contributed by atoms with Gasteiger partial charge in [0.05, 0.1) is 5.56 Å². The first-order valence-electron chi connectivity index (χ1n) is 10.6. The van der Waals surface area contributed by atoms with Crippen molar-refractivity contribution < 1.29 is 33.3 Å². The number of carbonyl (C=O) groups is 2. The van der Waals surface area contributed by atoms with Gasteiger partial charge in [-0.15, -0.1) is 0 Å². The highest BCUT2D eigenvalue weighted by Gasteiger charge is 2.16. The van der Waals surface area contributed by atoms with Gasteiger partial charge in [-0.05, 0) is 48.9 Å². The van der Waals surface area contributed by atoms with Crippen LogP contribution in [0.3, 0.4) is 0 Å². The Kier molecular flexibility index (Phi) is 6.93. The minimum absolute atomic E-state index is 0.0439. The van der Waals surface area contributed by atoms with Crippen LogP contribution in [0.4, 0.5) is 10.1 Å². The summed E-state index contributed by atoms with van der Waals surface area (Å²) in [6.45, 7) is 1.82. The Morgan fingerprint density at radius 2 is 1.85 bits per heavy atom. The Labute approximate surface area is 195 Å². The quantitative estimate of drug-likeness (QED) is 0.471. The average Bonchev–Trinajstić information content (AvgIpc) is 3.30. The van der Waals surface area contributed by atoms with Crippen molar-refractivity contribution in [2.75, 3.05) is 25.3 Å². The highest BCUT2D eigenvalue weighted by molar-refractivity contribution is 6.05. The first kappa shape index (κ1) is 23.1. The third-order valence-electron chi connectivity index (χ3n) is 5.15. The normalized spacial score (nSPS) is 12.7. The third kappa shape index (κ3) is 5.44. The summed E-state index contributed by atoms with van der Waals surface area (Å²) in [6, 6.07) is 15.5. The molecule has 1 aliphatic rings. The molecule has 8 nitrogen and oxygen atoms in total. The number of nitrogens with one attached hydrogen (secondary N) is 2. The van der Waals surface area contributed by atoms with Crippen molar-refractivity contribution in [2.24, 2.45) is 0 Å². The fourth-order valence-electron chi connectivity index (χ4n) is 3.26. The van der Waals surface area contributed by atoms with E-state index in [-0.39, 0.29) is 31.1 Å². The molecule has 3 aromatic carbocycles. The summed E-state index contributed by atoms with van der Waals surface area (Å²) < 4.78 is 29.9. The zero-order chi connectivity index (χ0) is 24.1. The maximum Gasteiger partial charge on any atom is 0.258 e. The second kappa shape index (κ2) is 10.2. The zero-order valence-corrected chi connectivity index (χ0v) is 18.3. The molecule has 0 fully saturated rings. The standard InChI is InChI=1S/C25H23FN2O6/c1-15-6-7-16(10-21(15)28-25(31)19-4-2-3-5-20(19)26)24(30)27-12-17(29)13-32-18-8-9-22-23(11-18)34-14-33-22/h2-11,17,29H,12-14H2,1H3,(H,27,30)(H,28,31). The number of aryl methyl sites for hydroxylation is 1. The molecule has 1 atom stereocenters. The van der Waals surface area contributed by atoms with Crippen LogP contribution in [0.15, 0.2) is 60.7 Å². The second-order valence-electron chi connectivity index (χ2n) is 7.65. The van der Waals surface area contributed by atoms with E-state index in [0.717, 1.165) is 0 Å². The molecular weight excluding hydrogens is 443 g/mol. The minimum Gasteiger partial charge on any atom is -0.491 e. The van der Waals surface area contributed by atoms with Crippen molar-refractivity contribution in [3.63, 3.8) is 0 Å². The van der Waals surface area contributed by atoms with E-state index < -0.39 is 23.7 Å². The molecule has 9 heteroatoms. The molecule has 0 spiro atoms. The van der Waals surface area contributed by atoms with Crippen LogP contribution in [0.5, 0.6) is 17.2 Å². The van der Waals surface area contributed by atoms with Gasteiger partial charge in [0.2, 0.25) is 6.79 Å². The maximum atomic E-state index is 13.9. The molecule has 0 aromatic heterocycles. The molecule has 1 unspecified atom stereocenters. The largest absolute Gasteiger partial charge is 0.491 e. The van der Waals surface area contributed by atoms with E-state index in [1.54, 1.807) is 43.3 Å². The molecule has 0 bridgehead atoms. The molecule has 0 radical (unpaired) electrons. The molecule has 1 heterocycles. The van der Waals surface area contributed by atoms with Crippen LogP contribution < -0.4 is 24.8 Å². The SMILES string of the molecule is Cc1ccc(C(=O)NCC(O)COc2ccc3c(c2)OCO3)cc1NC(=O)c1ccccc1F. The molecular formula is C25H23FN2O6. The lowest BCUT2D eigenvalue weighted by atomic mass is 10.1. The first-order valence-corrected chi connectivity index (χ1v) is 10.6. The number of ether oxygens (including phenoxy) is 3. The predicted molar refractivity (Wildman–Crippen MR) is 122 cm³/mol. The van der Waals surface area contributed by atoms with E-state index in [9.17, 15) is 19.1 Å². The summed E-state index contributed by atoms with van der Waals surface area (Å²) in [5, 5.41) is 15.4. The molecule has 2 amide bonds. The molecule has 3 aromatic rings. The molecule has 176 valence electrons. The summed E-state index contributed by atoms with van der Waals surface area (Å²) in [7, 11) is 0. The summed E-state index contributed by atoms with van der Waals surface area (Å²) in [6.07, 6.45) is -0.958. The zero-order valence-electron chi connectivity index (χ0n) is 18.3. The number of aliphatic hydroxyl groups is 1. The Bertz CT molecular complexity index is 1220. The Morgan fingerprint density at radius 1 is 1.06 bits per heavy atom. The number of fused-ring (bicyclic) bond motifs is 1. The second-order valence-corrected chi connectivity index (χ2v) is 7.65. The molecule has 1 aliphatic heterocycles. The van der Waals surface area contributed by atoms with Crippen LogP contribution in [-0.2, 0) is 0 Å². The van der Waals surface area contributed by atoms with Crippen LogP contribution in [0.1, 0.15) is 26.3 Å². The number of amides is 2. The highest BCUT2D eigenvalue weighted by atomic mass is 19.1. The molecule has 3 N–H and O–H groups in total. The number of anilines is 1. The van der Waals surface area contributed by atoms with Crippen LogP contribution in [-0.4, -0.2) is 43.0 Å². The van der Waals surface area contributed by atoms with E-state index in [0.29, 0.717) is 28.5 Å². The lowest BCUT2D eigenvalue weighted by Gasteiger charge is -2.14. The van der Waals surface area contributed by atoms with E-state index in [2.05, 4.69) is 10.6 Å². The molecule has 4 rings (SSSR count). The van der Waals surface area contributed by atoms with Crippen LogP contribution in [0.2, 0.25) is 0 Å². The van der Waals surface area contributed by atoms with Gasteiger partial charge in [0.25, 0.3) is 11.8 Å². The number of carbonyl (C=O) groups excluding carboxylic acids is 2. The number of hydrogen-bond donors (Lipinski definition) is 3. The van der Waals surface area contributed by atoms with Crippen molar-refractivity contribution in [1.82, 2.24) is 5.32 Å². The number of aliphatic hydroxyl groups excluding tert-OH is 1. The molecule has 34 heavy (non-hydrogen) atoms. The fourth-order valence-corrected chi connectivity index (χ4v) is 3.26. The number of rotatable bonds is 8. The van der Waals surface area contributed by atoms with Crippen molar-refractivity contribution in [1.29, 1.82) is 0 Å². The van der Waals surface area contributed by atoms with Gasteiger partial charge in [-0.1, -0.05) is 18.2 Å². The Morgan fingerprint density at radius 3 is 2.68 bits per heavy atom. The van der Waals surface area contributed by atoms with Crippen LogP contribution in [0.25, 0.3) is 0 Å². The molecule has 0 saturated carbocycles. The first-order chi connectivity index (χ1) is 16.4. The van der Waals surface area contributed by atoms with Crippen LogP contribution in [0, 0.1) is 12.7 Å². The summed E-state index contributed by atoms with van der Waals surface area (Å²) in [5.41, 5.74) is 1.27. The minimum atomic E-state index is -0.958. The number of hydrogen-bond acceptors (Lipinski definition) is 6. The van der Waals surface area contributed by atoms with Crippen molar-refractivity contribution in [2.45, 2.75) is 13.0 Å². The van der Waals surface area contributed by atoms with Crippen molar-refractivity contribution in [3.8, 4) is 17.2 Å². The van der Waals surface area contributed by atoms with Gasteiger partial charge in [-0.2, -0.15) is 0 Å². The third-order valence-corrected chi connectivity index (χ3v) is 5.15. The van der Waals surface area contributed by atoms with E-state index in [1.165, 1.54) is 24.3 Å². The lowest BCUT2D eigenvalue weighted by molar-refractivity contribution is 0.0843. The molecule has 0 saturated heterocycles. The fraction of sp³-hybridized carbons (Fsp3) is 0.200. The van der Waals surface area contributed by atoms with Gasteiger partial charge >= 0.3 is 0 Å². The number of benzene rings is 3. The highest BCUT2D eigenvalue weighted by Crippen LogP contribution is 2.35. The van der Waals surface area contributed by atoms with Gasteiger partial charge in [-0.25, -0.2) is 4.39 Å². The van der Waals surface area contributed by atoms with Crippen LogP contribution >= 0.6 is 0 Å². The summed E-state index contributed by atoms with van der Waals surface area (Å²) in [4.78, 5) is 25.0. The Hall–Kier alpha value is -4.11. The Balaban J connectivity index is 1.31. The van der Waals surface area contributed by atoms with Gasteiger partial charge < -0.3 is 30.0 Å². The maximum absolute atomic E-state index is 13.9. The van der Waals surface area contributed by atoms with Gasteiger partial charge in [0.15, 0.2) is 11.5 Å². The van der Waals surface area contributed by atoms with Gasteiger partial charge in [0.1, 0.15) is 24.3 Å². The van der Waals surface area contributed by atoms with E-state index in [1.807, 2.05) is 0 Å². The average molecular weight is 466 g/mol. The van der Waals surface area contributed by atoms with E-state index in [4.69, 9.17) is 14.2 Å². The summed E-state index contributed by atoms with van der Waals surface area (Å²) >= 11 is 0. The topological polar surface area (TPSA) is 106 Å². The van der Waals surface area contributed by atoms with Crippen molar-refractivity contribution in [3.05, 3.63) is 83.2 Å². The van der Waals surface area contributed by atoms with E-state index >= 15 is 0 Å². The number of halogens is 1. The van der Waals surface area contributed by atoms with Gasteiger partial charge in [0, 0.05) is 23.9 Å².